The van der Waals surface area contributed by atoms with Gasteiger partial charge in [-0.2, -0.15) is 0 Å². The van der Waals surface area contributed by atoms with Crippen LogP contribution in [0.2, 0.25) is 0 Å². The fourth-order valence-corrected chi connectivity index (χ4v) is 1.18. The molecule has 4 nitrogen and oxygen atoms in total. The van der Waals surface area contributed by atoms with Crippen molar-refractivity contribution in [3.63, 3.8) is 0 Å². The lowest BCUT2D eigenvalue weighted by molar-refractivity contribution is 0.112. The third-order valence-corrected chi connectivity index (χ3v) is 1.86. The summed E-state index contributed by atoms with van der Waals surface area (Å²) in [5.41, 5.74) is 0.762. The Kier molecular flexibility index (Phi) is 2.02. The highest BCUT2D eigenvalue weighted by Crippen LogP contribution is 2.04. The van der Waals surface area contributed by atoms with Crippen molar-refractivity contribution >= 4 is 6.29 Å². The van der Waals surface area contributed by atoms with Crippen LogP contribution in [-0.2, 0) is 0 Å². The van der Waals surface area contributed by atoms with E-state index < -0.39 is 0 Å². The van der Waals surface area contributed by atoms with Gasteiger partial charge in [-0.15, -0.1) is 0 Å². The van der Waals surface area contributed by atoms with Gasteiger partial charge in [-0.1, -0.05) is 0 Å². The number of aromatic nitrogens is 1. The summed E-state index contributed by atoms with van der Waals surface area (Å²) in [6, 6.07) is 4.52. The number of nitrogens with zero attached hydrogens (tertiary/aromatic N) is 1. The lowest BCUT2D eigenvalue weighted by Gasteiger charge is -2.00. The lowest BCUT2D eigenvalue weighted by atomic mass is 10.3. The minimum atomic E-state index is -0.254. The largest absolute Gasteiger partial charge is 0.470 e. The van der Waals surface area contributed by atoms with Crippen molar-refractivity contribution in [3.8, 4) is 5.69 Å². The highest BCUT2D eigenvalue weighted by molar-refractivity contribution is 5.74. The molecule has 2 aromatic rings. The molecule has 2 rings (SSSR count). The van der Waals surface area contributed by atoms with Crippen molar-refractivity contribution in [2.24, 2.45) is 0 Å². The van der Waals surface area contributed by atoms with Crippen LogP contribution >= 0.6 is 0 Å². The van der Waals surface area contributed by atoms with Crippen LogP contribution < -0.4 is 5.56 Å². The summed E-state index contributed by atoms with van der Waals surface area (Å²) in [5, 5.41) is 0. The van der Waals surface area contributed by atoms with E-state index in [2.05, 4.69) is 0 Å². The number of carbonyl (C=O) groups excluding carboxylic acids is 1. The average Bonchev–Trinajstić information content (AvgIpc) is 2.70. The summed E-state index contributed by atoms with van der Waals surface area (Å²) in [7, 11) is 0. The summed E-state index contributed by atoms with van der Waals surface area (Å²) >= 11 is 0. The molecule has 70 valence electrons. The smallest absolute Gasteiger partial charge is 0.255 e. The van der Waals surface area contributed by atoms with E-state index in [1.165, 1.54) is 29.4 Å². The van der Waals surface area contributed by atoms with E-state index in [1.54, 1.807) is 12.1 Å². The van der Waals surface area contributed by atoms with Crippen molar-refractivity contribution in [3.05, 3.63) is 52.8 Å². The van der Waals surface area contributed by atoms with Gasteiger partial charge in [-0.05, 0) is 6.07 Å². The number of hydrogen-bond acceptors (Lipinski definition) is 3. The first-order valence-corrected chi connectivity index (χ1v) is 4.02. The fraction of sp³-hybridized carbons (Fsp3) is 0. The Labute approximate surface area is 79.4 Å². The Hall–Kier alpha value is -2.10. The second kappa shape index (κ2) is 3.33. The Morgan fingerprint density at radius 1 is 1.36 bits per heavy atom. The maximum Gasteiger partial charge on any atom is 0.255 e. The Balaban J connectivity index is 2.57. The Morgan fingerprint density at radius 3 is 2.79 bits per heavy atom. The molecule has 4 heteroatoms. The molecule has 0 saturated carbocycles. The highest BCUT2D eigenvalue weighted by atomic mass is 16.3. The highest BCUT2D eigenvalue weighted by Gasteiger charge is 2.00. The molecule has 14 heavy (non-hydrogen) atoms. The first kappa shape index (κ1) is 8.50. The van der Waals surface area contributed by atoms with Gasteiger partial charge in [0.1, 0.15) is 12.5 Å². The van der Waals surface area contributed by atoms with Gasteiger partial charge in [0.05, 0.1) is 12.0 Å². The molecule has 0 atom stereocenters. The maximum atomic E-state index is 11.5. The first-order chi connectivity index (χ1) is 6.81. The molecule has 0 spiro atoms. The van der Waals surface area contributed by atoms with Crippen LogP contribution in [0.1, 0.15) is 10.4 Å². The van der Waals surface area contributed by atoms with Crippen LogP contribution in [0.4, 0.5) is 0 Å². The molecular formula is C10H7NO3. The average molecular weight is 189 g/mol. The molecule has 0 aliphatic carbocycles. The number of furan rings is 1. The second-order valence-electron chi connectivity index (χ2n) is 2.77. The van der Waals surface area contributed by atoms with Gasteiger partial charge in [0, 0.05) is 23.9 Å². The van der Waals surface area contributed by atoms with Crippen LogP contribution in [-0.4, -0.2) is 10.9 Å². The van der Waals surface area contributed by atoms with Gasteiger partial charge < -0.3 is 4.42 Å². The van der Waals surface area contributed by atoms with Gasteiger partial charge in [0.2, 0.25) is 0 Å². The van der Waals surface area contributed by atoms with Gasteiger partial charge in [0.15, 0.2) is 0 Å². The Morgan fingerprint density at radius 2 is 2.21 bits per heavy atom. The summed E-state index contributed by atoms with van der Waals surface area (Å²) < 4.78 is 6.25. The van der Waals surface area contributed by atoms with Crippen LogP contribution in [0, 0.1) is 0 Å². The summed E-state index contributed by atoms with van der Waals surface area (Å²) in [6.07, 6.45) is 5.12. The van der Waals surface area contributed by atoms with E-state index in [9.17, 15) is 9.59 Å². The molecule has 0 fully saturated rings. The number of hydrogen-bond donors (Lipinski definition) is 0. The van der Waals surface area contributed by atoms with Gasteiger partial charge in [-0.25, -0.2) is 0 Å². The van der Waals surface area contributed by atoms with Crippen LogP contribution in [0.25, 0.3) is 5.69 Å². The molecule has 0 saturated heterocycles. The number of pyridine rings is 1. The second-order valence-corrected chi connectivity index (χ2v) is 2.77. The molecule has 0 aromatic carbocycles. The van der Waals surface area contributed by atoms with E-state index in [0.29, 0.717) is 17.5 Å². The quantitative estimate of drug-likeness (QED) is 0.668. The summed E-state index contributed by atoms with van der Waals surface area (Å²) in [6.45, 7) is 0. The molecule has 0 amide bonds. The lowest BCUT2D eigenvalue weighted by Crippen LogP contribution is -2.16. The van der Waals surface area contributed by atoms with E-state index >= 15 is 0 Å². The van der Waals surface area contributed by atoms with E-state index in [4.69, 9.17) is 4.42 Å². The number of carbonyl (C=O) groups is 1. The summed E-state index contributed by atoms with van der Waals surface area (Å²) in [5.74, 6) is 0. The van der Waals surface area contributed by atoms with Crippen LogP contribution in [0.15, 0.2) is 46.1 Å². The van der Waals surface area contributed by atoms with Crippen molar-refractivity contribution in [1.82, 2.24) is 4.57 Å². The number of rotatable bonds is 2. The van der Waals surface area contributed by atoms with Crippen molar-refractivity contribution in [2.45, 2.75) is 0 Å². The van der Waals surface area contributed by atoms with Gasteiger partial charge >= 0.3 is 0 Å². The zero-order valence-corrected chi connectivity index (χ0v) is 7.21. The zero-order chi connectivity index (χ0) is 9.97. The standard InChI is InChI=1S/C10H7NO3/c12-6-8-1-3-11(10(13)5-8)9-2-4-14-7-9/h1-7H. The zero-order valence-electron chi connectivity index (χ0n) is 7.21. The van der Waals surface area contributed by atoms with Gasteiger partial charge in [0.25, 0.3) is 5.56 Å². The molecule has 0 N–H and O–H groups in total. The predicted octanol–water partition coefficient (Wildman–Crippen LogP) is 1.24. The van der Waals surface area contributed by atoms with Crippen molar-refractivity contribution in [1.29, 1.82) is 0 Å². The van der Waals surface area contributed by atoms with Crippen molar-refractivity contribution < 1.29 is 9.21 Å². The molecule has 0 bridgehead atoms. The topological polar surface area (TPSA) is 52.2 Å². The SMILES string of the molecule is O=Cc1ccn(-c2ccoc2)c(=O)c1. The molecule has 0 aliphatic heterocycles. The molecule has 2 aromatic heterocycles. The van der Waals surface area contributed by atoms with Crippen LogP contribution in [0.3, 0.4) is 0 Å². The molecule has 0 unspecified atom stereocenters. The summed E-state index contributed by atoms with van der Waals surface area (Å²) in [4.78, 5) is 21.8. The monoisotopic (exact) mass is 189 g/mol. The molecule has 2 heterocycles. The fourth-order valence-electron chi connectivity index (χ4n) is 1.18. The van der Waals surface area contributed by atoms with Crippen molar-refractivity contribution in [2.75, 3.05) is 0 Å². The molecular weight excluding hydrogens is 182 g/mol. The molecule has 0 radical (unpaired) electrons. The third-order valence-electron chi connectivity index (χ3n) is 1.86. The normalized spacial score (nSPS) is 10.0. The van der Waals surface area contributed by atoms with Crippen LogP contribution in [0.5, 0.6) is 0 Å². The number of aldehydes is 1. The Bertz CT molecular complexity index is 496. The minimum absolute atomic E-state index is 0.254. The third kappa shape index (κ3) is 1.37. The van der Waals surface area contributed by atoms with E-state index in [0.717, 1.165) is 0 Å². The molecule has 0 aliphatic rings. The first-order valence-electron chi connectivity index (χ1n) is 4.02. The predicted molar refractivity (Wildman–Crippen MR) is 49.7 cm³/mol. The minimum Gasteiger partial charge on any atom is -0.470 e. The van der Waals surface area contributed by atoms with Gasteiger partial charge in [-0.3, -0.25) is 14.2 Å². The van der Waals surface area contributed by atoms with E-state index in [1.807, 2.05) is 0 Å². The van der Waals surface area contributed by atoms with E-state index in [-0.39, 0.29) is 5.56 Å². The maximum absolute atomic E-state index is 11.5.